The molecule has 1 heteroatoms. The molecule has 0 amide bonds. The number of pyridine rings is 1. The smallest absolute Gasteiger partial charge is 0.0582 e. The lowest BCUT2D eigenvalue weighted by molar-refractivity contribution is 1.000. The summed E-state index contributed by atoms with van der Waals surface area (Å²) < 4.78 is 0. The number of allylic oxidation sites excluding steroid dienone is 4. The zero-order chi connectivity index (χ0) is 9.10. The summed E-state index contributed by atoms with van der Waals surface area (Å²) in [6, 6.07) is 3.97. The van der Waals surface area contributed by atoms with E-state index in [2.05, 4.69) is 23.7 Å². The van der Waals surface area contributed by atoms with Gasteiger partial charge in [-0.1, -0.05) is 43.0 Å². The Morgan fingerprint density at radius 2 is 2.08 bits per heavy atom. The summed E-state index contributed by atoms with van der Waals surface area (Å²) >= 11 is 0. The van der Waals surface area contributed by atoms with Crippen molar-refractivity contribution in [2.24, 2.45) is 0 Å². The van der Waals surface area contributed by atoms with Gasteiger partial charge in [0.1, 0.15) is 0 Å². The van der Waals surface area contributed by atoms with E-state index in [0.29, 0.717) is 5.92 Å². The Hall–Kier alpha value is -1.63. The summed E-state index contributed by atoms with van der Waals surface area (Å²) in [5.74, 6) is 0.328. The van der Waals surface area contributed by atoms with Crippen LogP contribution in [0.1, 0.15) is 17.2 Å². The van der Waals surface area contributed by atoms with E-state index in [1.54, 1.807) is 0 Å². The van der Waals surface area contributed by atoms with Crippen molar-refractivity contribution in [3.8, 4) is 0 Å². The molecular weight excluding hydrogens is 158 g/mol. The van der Waals surface area contributed by atoms with Crippen LogP contribution in [0.2, 0.25) is 0 Å². The highest BCUT2D eigenvalue weighted by molar-refractivity contribution is 5.52. The zero-order valence-corrected chi connectivity index (χ0v) is 7.35. The predicted molar refractivity (Wildman–Crippen MR) is 55.3 cm³/mol. The summed E-state index contributed by atoms with van der Waals surface area (Å²) in [7, 11) is 0. The van der Waals surface area contributed by atoms with Crippen LogP contribution in [0.5, 0.6) is 0 Å². The van der Waals surface area contributed by atoms with E-state index >= 15 is 0 Å². The van der Waals surface area contributed by atoms with Crippen LogP contribution in [0.25, 0.3) is 6.08 Å². The van der Waals surface area contributed by atoms with Crippen molar-refractivity contribution in [3.05, 3.63) is 60.5 Å². The van der Waals surface area contributed by atoms with Gasteiger partial charge < -0.3 is 0 Å². The summed E-state index contributed by atoms with van der Waals surface area (Å²) in [6.45, 7) is 3.77. The molecule has 1 aliphatic rings. The van der Waals surface area contributed by atoms with Gasteiger partial charge >= 0.3 is 0 Å². The first-order valence-electron chi connectivity index (χ1n) is 4.34. The van der Waals surface area contributed by atoms with E-state index in [-0.39, 0.29) is 0 Å². The van der Waals surface area contributed by atoms with Crippen LogP contribution in [0.15, 0.2) is 49.2 Å². The van der Waals surface area contributed by atoms with Gasteiger partial charge in [-0.2, -0.15) is 0 Å². The Morgan fingerprint density at radius 1 is 1.31 bits per heavy atom. The maximum absolute atomic E-state index is 4.36. The van der Waals surface area contributed by atoms with Crippen molar-refractivity contribution in [1.82, 2.24) is 4.98 Å². The number of hydrogen-bond donors (Lipinski definition) is 0. The average molecular weight is 169 g/mol. The second kappa shape index (κ2) is 3.40. The number of hydrogen-bond acceptors (Lipinski definition) is 1. The van der Waals surface area contributed by atoms with E-state index in [0.717, 1.165) is 11.3 Å². The molecule has 0 radical (unpaired) electrons. The monoisotopic (exact) mass is 169 g/mol. The molecule has 13 heavy (non-hydrogen) atoms. The fourth-order valence-electron chi connectivity index (χ4n) is 1.50. The first kappa shape index (κ1) is 7.99. The largest absolute Gasteiger partial charge is 0.260 e. The van der Waals surface area contributed by atoms with Gasteiger partial charge in [-0.25, -0.2) is 0 Å². The lowest BCUT2D eigenvalue weighted by Gasteiger charge is -2.07. The molecule has 0 N–H and O–H groups in total. The second-order valence-electron chi connectivity index (χ2n) is 2.98. The number of rotatable bonds is 2. The van der Waals surface area contributed by atoms with Gasteiger partial charge in [0.25, 0.3) is 0 Å². The van der Waals surface area contributed by atoms with Crippen molar-refractivity contribution in [2.45, 2.75) is 5.92 Å². The molecule has 1 nitrogen and oxygen atoms in total. The molecule has 1 aromatic rings. The summed E-state index contributed by atoms with van der Waals surface area (Å²) in [5, 5.41) is 0. The van der Waals surface area contributed by atoms with Crippen LogP contribution in [0.4, 0.5) is 0 Å². The minimum absolute atomic E-state index is 0.328. The van der Waals surface area contributed by atoms with Crippen molar-refractivity contribution in [1.29, 1.82) is 0 Å². The fourth-order valence-corrected chi connectivity index (χ4v) is 1.50. The molecule has 0 aromatic carbocycles. The minimum atomic E-state index is 0.328. The molecule has 0 saturated carbocycles. The van der Waals surface area contributed by atoms with Crippen LogP contribution < -0.4 is 0 Å². The van der Waals surface area contributed by atoms with E-state index in [9.17, 15) is 0 Å². The highest BCUT2D eigenvalue weighted by Crippen LogP contribution is 2.24. The van der Waals surface area contributed by atoms with Crippen LogP contribution in [-0.2, 0) is 0 Å². The maximum atomic E-state index is 4.36. The van der Waals surface area contributed by atoms with Gasteiger partial charge in [0.2, 0.25) is 0 Å². The SMILES string of the molecule is C=Cc1cccnc1C1C=CC=C1. The summed E-state index contributed by atoms with van der Waals surface area (Å²) in [5.41, 5.74) is 2.20. The molecule has 1 aromatic heterocycles. The van der Waals surface area contributed by atoms with Crippen LogP contribution in [-0.4, -0.2) is 4.98 Å². The molecule has 1 aliphatic carbocycles. The highest BCUT2D eigenvalue weighted by atomic mass is 14.7. The van der Waals surface area contributed by atoms with Gasteiger partial charge in [-0.15, -0.1) is 0 Å². The van der Waals surface area contributed by atoms with Gasteiger partial charge in [0.05, 0.1) is 5.69 Å². The molecule has 2 rings (SSSR count). The molecule has 0 unspecified atom stereocenters. The van der Waals surface area contributed by atoms with Gasteiger partial charge in [0.15, 0.2) is 0 Å². The Bertz CT molecular complexity index is 362. The molecule has 0 saturated heterocycles. The van der Waals surface area contributed by atoms with Crippen molar-refractivity contribution in [2.75, 3.05) is 0 Å². The topological polar surface area (TPSA) is 12.9 Å². The molecule has 0 spiro atoms. The Labute approximate surface area is 78.1 Å². The lowest BCUT2D eigenvalue weighted by Crippen LogP contribution is -1.96. The van der Waals surface area contributed by atoms with Crippen molar-refractivity contribution in [3.63, 3.8) is 0 Å². The van der Waals surface area contributed by atoms with Gasteiger partial charge in [-0.05, 0) is 11.6 Å². The standard InChI is InChI=1S/C12H11N/c1-2-10-8-5-9-13-12(10)11-6-3-4-7-11/h2-9,11H,1H2. The van der Waals surface area contributed by atoms with E-state index in [1.807, 2.05) is 36.6 Å². The van der Waals surface area contributed by atoms with Crippen LogP contribution in [0.3, 0.4) is 0 Å². The molecule has 0 fully saturated rings. The quantitative estimate of drug-likeness (QED) is 0.663. The zero-order valence-electron chi connectivity index (χ0n) is 7.35. The molecule has 64 valence electrons. The first-order valence-corrected chi connectivity index (χ1v) is 4.34. The first-order chi connectivity index (χ1) is 6.42. The third kappa shape index (κ3) is 1.45. The van der Waals surface area contributed by atoms with Crippen LogP contribution >= 0.6 is 0 Å². The van der Waals surface area contributed by atoms with E-state index < -0.39 is 0 Å². The molecule has 0 aliphatic heterocycles. The molecule has 0 atom stereocenters. The average Bonchev–Trinajstić information content (AvgIpc) is 2.70. The van der Waals surface area contributed by atoms with E-state index in [4.69, 9.17) is 0 Å². The maximum Gasteiger partial charge on any atom is 0.0582 e. The van der Waals surface area contributed by atoms with Gasteiger partial charge in [-0.3, -0.25) is 4.98 Å². The van der Waals surface area contributed by atoms with Gasteiger partial charge in [0, 0.05) is 12.1 Å². The lowest BCUT2D eigenvalue weighted by atomic mass is 10.0. The Morgan fingerprint density at radius 3 is 2.77 bits per heavy atom. The van der Waals surface area contributed by atoms with Crippen molar-refractivity contribution < 1.29 is 0 Å². The fraction of sp³-hybridized carbons (Fsp3) is 0.0833. The molecule has 1 heterocycles. The minimum Gasteiger partial charge on any atom is -0.260 e. The van der Waals surface area contributed by atoms with Crippen molar-refractivity contribution >= 4 is 6.08 Å². The molecular formula is C12H11N. The normalized spacial score (nSPS) is 15.1. The Balaban J connectivity index is 2.43. The molecule has 0 bridgehead atoms. The number of nitrogens with zero attached hydrogens (tertiary/aromatic N) is 1. The van der Waals surface area contributed by atoms with E-state index in [1.165, 1.54) is 0 Å². The summed E-state index contributed by atoms with van der Waals surface area (Å²) in [6.07, 6.45) is 12.0. The summed E-state index contributed by atoms with van der Waals surface area (Å²) in [4.78, 5) is 4.36. The Kier molecular flexibility index (Phi) is 2.09. The third-order valence-corrected chi connectivity index (χ3v) is 2.15. The highest BCUT2D eigenvalue weighted by Gasteiger charge is 2.10. The second-order valence-corrected chi connectivity index (χ2v) is 2.98. The van der Waals surface area contributed by atoms with Crippen LogP contribution in [0, 0.1) is 0 Å². The third-order valence-electron chi connectivity index (χ3n) is 2.15. The predicted octanol–water partition coefficient (Wildman–Crippen LogP) is 2.93. The number of aromatic nitrogens is 1.